The molecule has 0 bridgehead atoms. The van der Waals surface area contributed by atoms with Crippen LogP contribution in [0, 0.1) is 11.3 Å². The van der Waals surface area contributed by atoms with Gasteiger partial charge in [-0.1, -0.05) is 35.8 Å². The van der Waals surface area contributed by atoms with Gasteiger partial charge >= 0.3 is 0 Å². The maximum absolute atomic E-state index is 11.6. The van der Waals surface area contributed by atoms with Crippen LogP contribution in [0.25, 0.3) is 0 Å². The maximum Gasteiger partial charge on any atom is 0.145 e. The number of epoxide rings is 1. The molecular formula is C30H50O5. The molecule has 0 spiro atoms. The molecule has 5 unspecified atom stereocenters. The Balaban J connectivity index is 1.98. The summed E-state index contributed by atoms with van der Waals surface area (Å²) in [5.41, 5.74) is 3.09. The molecule has 0 aromatic rings. The highest BCUT2D eigenvalue weighted by Gasteiger charge is 2.52. The van der Waals surface area contributed by atoms with Crippen LogP contribution in [0.3, 0.4) is 0 Å². The Labute approximate surface area is 213 Å². The summed E-state index contributed by atoms with van der Waals surface area (Å²) in [5, 5.41) is 31.2. The normalized spacial score (nSPS) is 33.4. The highest BCUT2D eigenvalue weighted by atomic mass is 16.6. The number of carbonyl (C=O) groups is 1. The predicted octanol–water partition coefficient (Wildman–Crippen LogP) is 5.82. The van der Waals surface area contributed by atoms with Crippen molar-refractivity contribution in [3.63, 3.8) is 0 Å². The molecule has 5 atom stereocenters. The van der Waals surface area contributed by atoms with Gasteiger partial charge in [-0.25, -0.2) is 0 Å². The summed E-state index contributed by atoms with van der Waals surface area (Å²) in [6, 6.07) is 0. The molecule has 1 aliphatic heterocycles. The van der Waals surface area contributed by atoms with Crippen molar-refractivity contribution < 1.29 is 24.9 Å². The van der Waals surface area contributed by atoms with Crippen molar-refractivity contribution in [3.05, 3.63) is 34.4 Å². The summed E-state index contributed by atoms with van der Waals surface area (Å²) in [5.74, 6) is 0.0924. The quantitative estimate of drug-likeness (QED) is 0.131. The first kappa shape index (κ1) is 30.0. The second-order valence-corrected chi connectivity index (χ2v) is 12.0. The van der Waals surface area contributed by atoms with Gasteiger partial charge in [-0.15, -0.1) is 0 Å². The Kier molecular flexibility index (Phi) is 10.5. The zero-order chi connectivity index (χ0) is 26.4. The molecule has 5 heteroatoms. The van der Waals surface area contributed by atoms with E-state index in [-0.39, 0.29) is 29.6 Å². The molecule has 0 aromatic heterocycles. The van der Waals surface area contributed by atoms with Gasteiger partial charge in [-0.3, -0.25) is 4.79 Å². The summed E-state index contributed by atoms with van der Waals surface area (Å²) < 4.78 is 5.55. The van der Waals surface area contributed by atoms with Gasteiger partial charge in [-0.05, 0) is 111 Å². The van der Waals surface area contributed by atoms with Gasteiger partial charge in [-0.2, -0.15) is 0 Å². The molecule has 3 N–H and O–H groups in total. The van der Waals surface area contributed by atoms with Gasteiger partial charge in [0.05, 0.1) is 17.3 Å². The van der Waals surface area contributed by atoms with Gasteiger partial charge < -0.3 is 20.1 Å². The van der Waals surface area contributed by atoms with Gasteiger partial charge in [0.1, 0.15) is 12.4 Å². The average molecular weight is 491 g/mol. The molecule has 35 heavy (non-hydrogen) atoms. The number of carbonyl (C=O) groups excluding carboxylic acids is 1. The number of aldehydes is 1. The lowest BCUT2D eigenvalue weighted by molar-refractivity contribution is -0.115. The summed E-state index contributed by atoms with van der Waals surface area (Å²) in [7, 11) is 0. The second kappa shape index (κ2) is 12.3. The molecule has 2 rings (SSSR count). The largest absolute Gasteiger partial charge is 0.396 e. The Morgan fingerprint density at radius 3 is 2.31 bits per heavy atom. The zero-order valence-corrected chi connectivity index (χ0v) is 23.2. The average Bonchev–Trinajstić information content (AvgIpc) is 3.42. The summed E-state index contributed by atoms with van der Waals surface area (Å²) in [6.45, 7) is 14.4. The van der Waals surface area contributed by atoms with Gasteiger partial charge in [0.2, 0.25) is 0 Å². The number of ether oxygens (including phenoxy) is 1. The molecule has 1 aliphatic carbocycles. The van der Waals surface area contributed by atoms with Crippen LogP contribution >= 0.6 is 0 Å². The van der Waals surface area contributed by atoms with Crippen molar-refractivity contribution in [2.45, 2.75) is 130 Å². The zero-order valence-electron chi connectivity index (χ0n) is 23.2. The molecule has 2 fully saturated rings. The van der Waals surface area contributed by atoms with Crippen LogP contribution in [0.5, 0.6) is 0 Å². The third-order valence-corrected chi connectivity index (χ3v) is 8.76. The van der Waals surface area contributed by atoms with Crippen molar-refractivity contribution >= 4 is 6.29 Å². The van der Waals surface area contributed by atoms with Crippen LogP contribution < -0.4 is 0 Å². The van der Waals surface area contributed by atoms with Crippen molar-refractivity contribution in [2.75, 3.05) is 6.61 Å². The molecule has 0 radical (unpaired) electrons. The fourth-order valence-corrected chi connectivity index (χ4v) is 6.00. The summed E-state index contributed by atoms with van der Waals surface area (Å²) >= 11 is 0. The van der Waals surface area contributed by atoms with E-state index in [9.17, 15) is 20.1 Å². The number of rotatable bonds is 13. The van der Waals surface area contributed by atoms with Crippen molar-refractivity contribution in [1.29, 1.82) is 0 Å². The smallest absolute Gasteiger partial charge is 0.145 e. The third kappa shape index (κ3) is 7.61. The monoisotopic (exact) mass is 490 g/mol. The number of hydrogen-bond acceptors (Lipinski definition) is 5. The molecule has 1 saturated heterocycles. The fraction of sp³-hybridized carbons (Fsp3) is 0.767. The van der Waals surface area contributed by atoms with Crippen LogP contribution in [0.1, 0.15) is 106 Å². The number of aliphatic hydroxyl groups excluding tert-OH is 2. The highest BCUT2D eigenvalue weighted by Crippen LogP contribution is 2.55. The second-order valence-electron chi connectivity index (χ2n) is 12.0. The van der Waals surface area contributed by atoms with Crippen molar-refractivity contribution in [1.82, 2.24) is 0 Å². The van der Waals surface area contributed by atoms with E-state index >= 15 is 0 Å². The molecule has 200 valence electrons. The standard InChI is InChI=1S/C30H50O5/c1-21(11-8-12-22(2)19-26(33)27-28(4,5)35-27)13-9-16-29(6)25(14-10-18-31)24(23(3)20-32)15-17-30(29,7)34/h12-13,20,25-27,31,33-34H,8-11,14-19H2,1-7H3. The minimum absolute atomic E-state index is 0.0577. The Hall–Kier alpha value is -1.27. The van der Waals surface area contributed by atoms with Crippen LogP contribution in [-0.2, 0) is 9.53 Å². The molecule has 0 aromatic carbocycles. The molecule has 1 heterocycles. The van der Waals surface area contributed by atoms with Crippen molar-refractivity contribution in [3.8, 4) is 0 Å². The van der Waals surface area contributed by atoms with Crippen LogP contribution in [-0.4, -0.2) is 51.6 Å². The first-order valence-electron chi connectivity index (χ1n) is 13.4. The minimum atomic E-state index is -0.817. The Morgan fingerprint density at radius 2 is 1.74 bits per heavy atom. The van der Waals surface area contributed by atoms with E-state index in [0.717, 1.165) is 56.0 Å². The number of hydrogen-bond donors (Lipinski definition) is 3. The number of aliphatic hydroxyl groups is 3. The van der Waals surface area contributed by atoms with E-state index in [1.807, 2.05) is 27.7 Å². The molecule has 2 aliphatic rings. The van der Waals surface area contributed by atoms with Crippen LogP contribution in [0.15, 0.2) is 34.4 Å². The van der Waals surface area contributed by atoms with Gasteiger partial charge in [0.25, 0.3) is 0 Å². The molecular weight excluding hydrogens is 440 g/mol. The lowest BCUT2D eigenvalue weighted by Crippen LogP contribution is -2.52. The number of allylic oxidation sites excluding steroid dienone is 5. The van der Waals surface area contributed by atoms with Gasteiger partial charge in [0.15, 0.2) is 0 Å². The van der Waals surface area contributed by atoms with E-state index in [0.29, 0.717) is 19.3 Å². The van der Waals surface area contributed by atoms with E-state index in [1.54, 1.807) is 0 Å². The van der Waals surface area contributed by atoms with E-state index < -0.39 is 11.7 Å². The highest BCUT2D eigenvalue weighted by molar-refractivity contribution is 5.74. The first-order valence-corrected chi connectivity index (χ1v) is 13.4. The predicted molar refractivity (Wildman–Crippen MR) is 142 cm³/mol. The topological polar surface area (TPSA) is 90.3 Å². The summed E-state index contributed by atoms with van der Waals surface area (Å²) in [6.07, 6.45) is 12.1. The maximum atomic E-state index is 11.6. The molecule has 1 saturated carbocycles. The van der Waals surface area contributed by atoms with Crippen molar-refractivity contribution in [2.24, 2.45) is 11.3 Å². The first-order chi connectivity index (χ1) is 16.3. The summed E-state index contributed by atoms with van der Waals surface area (Å²) in [4.78, 5) is 11.6. The van der Waals surface area contributed by atoms with E-state index in [1.165, 1.54) is 11.1 Å². The van der Waals surface area contributed by atoms with E-state index in [4.69, 9.17) is 4.74 Å². The van der Waals surface area contributed by atoms with Crippen LogP contribution in [0.2, 0.25) is 0 Å². The fourth-order valence-electron chi connectivity index (χ4n) is 6.00. The minimum Gasteiger partial charge on any atom is -0.396 e. The van der Waals surface area contributed by atoms with Gasteiger partial charge in [0, 0.05) is 12.0 Å². The third-order valence-electron chi connectivity index (χ3n) is 8.76. The lowest BCUT2D eigenvalue weighted by atomic mass is 9.54. The Morgan fingerprint density at radius 1 is 1.11 bits per heavy atom. The molecule has 5 nitrogen and oxygen atoms in total. The van der Waals surface area contributed by atoms with E-state index in [2.05, 4.69) is 32.9 Å². The SMILES string of the molecule is CC(=CCCC1(C)C(CCCO)C(=C(C)C=O)CCC1(C)O)CCC=C(C)CC(O)C1OC1(C)C. The van der Waals surface area contributed by atoms with Crippen LogP contribution in [0.4, 0.5) is 0 Å². The molecule has 0 amide bonds. The lowest BCUT2D eigenvalue weighted by Gasteiger charge is -2.53. The Bertz CT molecular complexity index is 819.